The number of hydrogen-bond acceptors (Lipinski definition) is 6. The van der Waals surface area contributed by atoms with Crippen LogP contribution in [0.3, 0.4) is 0 Å². The number of carbonyl (C=O) groups is 1. The number of rotatable bonds is 7. The van der Waals surface area contributed by atoms with Gasteiger partial charge in [-0.2, -0.15) is 10.4 Å². The van der Waals surface area contributed by atoms with Gasteiger partial charge in [0.05, 0.1) is 26.0 Å². The molecule has 7 heteroatoms. The lowest BCUT2D eigenvalue weighted by molar-refractivity contribution is -0.142. The SMILES string of the molecule is COc1ccc(OC)c(-c2nn(-c3ccccc3)cc2/C=C(\C#N)C(=O)OC(C)C)c1. The maximum atomic E-state index is 12.4. The Balaban J connectivity index is 2.21. The van der Waals surface area contributed by atoms with Crippen LogP contribution in [-0.4, -0.2) is 36.1 Å². The molecular formula is C24H23N3O4. The highest BCUT2D eigenvalue weighted by Gasteiger charge is 2.19. The molecule has 0 radical (unpaired) electrons. The number of carbonyl (C=O) groups excluding carboxylic acids is 1. The van der Waals surface area contributed by atoms with E-state index in [1.54, 1.807) is 57.1 Å². The van der Waals surface area contributed by atoms with Gasteiger partial charge in [-0.1, -0.05) is 18.2 Å². The Bertz CT molecular complexity index is 1140. The highest BCUT2D eigenvalue weighted by atomic mass is 16.5. The second-order valence-electron chi connectivity index (χ2n) is 6.90. The van der Waals surface area contributed by atoms with E-state index in [1.165, 1.54) is 6.08 Å². The van der Waals surface area contributed by atoms with Crippen LogP contribution >= 0.6 is 0 Å². The number of nitriles is 1. The molecule has 158 valence electrons. The molecule has 0 unspecified atom stereocenters. The monoisotopic (exact) mass is 417 g/mol. The molecule has 0 saturated carbocycles. The molecule has 0 aliphatic rings. The van der Waals surface area contributed by atoms with Gasteiger partial charge in [0, 0.05) is 17.3 Å². The first-order chi connectivity index (χ1) is 15.0. The summed E-state index contributed by atoms with van der Waals surface area (Å²) in [5.41, 5.74) is 2.47. The van der Waals surface area contributed by atoms with Crippen molar-refractivity contribution in [3.05, 3.63) is 65.9 Å². The Morgan fingerprint density at radius 1 is 1.13 bits per heavy atom. The van der Waals surface area contributed by atoms with Crippen LogP contribution in [0.1, 0.15) is 19.4 Å². The van der Waals surface area contributed by atoms with Gasteiger partial charge in [-0.25, -0.2) is 9.48 Å². The Labute approximate surface area is 181 Å². The molecule has 0 saturated heterocycles. The molecule has 0 fully saturated rings. The number of methoxy groups -OCH3 is 2. The van der Waals surface area contributed by atoms with E-state index in [-0.39, 0.29) is 11.7 Å². The van der Waals surface area contributed by atoms with Crippen molar-refractivity contribution in [3.63, 3.8) is 0 Å². The van der Waals surface area contributed by atoms with Gasteiger partial charge in [-0.3, -0.25) is 0 Å². The molecule has 3 rings (SSSR count). The average molecular weight is 417 g/mol. The first-order valence-corrected chi connectivity index (χ1v) is 9.67. The largest absolute Gasteiger partial charge is 0.497 e. The van der Waals surface area contributed by atoms with Gasteiger partial charge in [0.1, 0.15) is 28.8 Å². The van der Waals surface area contributed by atoms with Crippen LogP contribution in [0.5, 0.6) is 11.5 Å². The van der Waals surface area contributed by atoms with Crippen LogP contribution in [0, 0.1) is 11.3 Å². The third kappa shape index (κ3) is 4.93. The quantitative estimate of drug-likeness (QED) is 0.321. The highest BCUT2D eigenvalue weighted by molar-refractivity contribution is 5.99. The molecule has 0 aliphatic heterocycles. The maximum Gasteiger partial charge on any atom is 0.349 e. The molecule has 0 amide bonds. The van der Waals surface area contributed by atoms with E-state index in [0.717, 1.165) is 5.69 Å². The smallest absolute Gasteiger partial charge is 0.349 e. The van der Waals surface area contributed by atoms with Crippen molar-refractivity contribution >= 4 is 12.0 Å². The molecule has 0 N–H and O–H groups in total. The van der Waals surface area contributed by atoms with Gasteiger partial charge in [0.25, 0.3) is 0 Å². The van der Waals surface area contributed by atoms with Crippen LogP contribution in [0.2, 0.25) is 0 Å². The first kappa shape index (κ1) is 21.7. The second-order valence-corrected chi connectivity index (χ2v) is 6.90. The summed E-state index contributed by atoms with van der Waals surface area (Å²) in [4.78, 5) is 12.4. The molecule has 2 aromatic carbocycles. The van der Waals surface area contributed by atoms with Crippen LogP contribution < -0.4 is 9.47 Å². The fraction of sp³-hybridized carbons (Fsp3) is 0.208. The molecule has 0 aliphatic carbocycles. The molecule has 0 atom stereocenters. The molecule has 3 aromatic rings. The summed E-state index contributed by atoms with van der Waals surface area (Å²) in [6.45, 7) is 3.46. The number of ether oxygens (including phenoxy) is 3. The molecule has 0 spiro atoms. The minimum absolute atomic E-state index is 0.121. The van der Waals surface area contributed by atoms with Gasteiger partial charge in [-0.05, 0) is 50.3 Å². The molecule has 31 heavy (non-hydrogen) atoms. The fourth-order valence-electron chi connectivity index (χ4n) is 2.98. The molecule has 7 nitrogen and oxygen atoms in total. The Hall–Kier alpha value is -4.05. The van der Waals surface area contributed by atoms with E-state index in [0.29, 0.717) is 28.3 Å². The van der Waals surface area contributed by atoms with E-state index < -0.39 is 5.97 Å². The lowest BCUT2D eigenvalue weighted by Crippen LogP contribution is -2.12. The van der Waals surface area contributed by atoms with Gasteiger partial charge < -0.3 is 14.2 Å². The zero-order valence-electron chi connectivity index (χ0n) is 17.8. The number of aromatic nitrogens is 2. The van der Waals surface area contributed by atoms with Gasteiger partial charge in [0.2, 0.25) is 0 Å². The topological polar surface area (TPSA) is 86.4 Å². The van der Waals surface area contributed by atoms with Crippen molar-refractivity contribution in [2.24, 2.45) is 0 Å². The average Bonchev–Trinajstić information content (AvgIpc) is 3.20. The minimum Gasteiger partial charge on any atom is -0.497 e. The first-order valence-electron chi connectivity index (χ1n) is 9.67. The predicted octanol–water partition coefficient (Wildman–Crippen LogP) is 4.42. The Kier molecular flexibility index (Phi) is 6.73. The van der Waals surface area contributed by atoms with Crippen LogP contribution in [0.15, 0.2) is 60.3 Å². The Morgan fingerprint density at radius 3 is 2.48 bits per heavy atom. The summed E-state index contributed by atoms with van der Waals surface area (Å²) in [6, 6.07) is 16.8. The molecule has 1 heterocycles. The van der Waals surface area contributed by atoms with Gasteiger partial charge in [0.15, 0.2) is 0 Å². The van der Waals surface area contributed by atoms with Crippen molar-refractivity contribution in [1.29, 1.82) is 5.26 Å². The third-order valence-electron chi connectivity index (χ3n) is 4.41. The summed E-state index contributed by atoms with van der Waals surface area (Å²) >= 11 is 0. The molecule has 1 aromatic heterocycles. The van der Waals surface area contributed by atoms with Gasteiger partial charge in [-0.15, -0.1) is 0 Å². The highest BCUT2D eigenvalue weighted by Crippen LogP contribution is 2.35. The normalized spacial score (nSPS) is 11.2. The maximum absolute atomic E-state index is 12.4. The van der Waals surface area contributed by atoms with Crippen molar-refractivity contribution in [2.75, 3.05) is 14.2 Å². The predicted molar refractivity (Wildman–Crippen MR) is 117 cm³/mol. The van der Waals surface area contributed by atoms with Gasteiger partial charge >= 0.3 is 5.97 Å². The summed E-state index contributed by atoms with van der Waals surface area (Å²) in [5, 5.41) is 14.3. The van der Waals surface area contributed by atoms with Crippen molar-refractivity contribution in [2.45, 2.75) is 20.0 Å². The minimum atomic E-state index is -0.687. The van der Waals surface area contributed by atoms with E-state index in [2.05, 4.69) is 0 Å². The van der Waals surface area contributed by atoms with E-state index in [4.69, 9.17) is 19.3 Å². The lowest BCUT2D eigenvalue weighted by atomic mass is 10.0. The zero-order chi connectivity index (χ0) is 22.4. The van der Waals surface area contributed by atoms with Crippen LogP contribution in [0.25, 0.3) is 23.0 Å². The summed E-state index contributed by atoms with van der Waals surface area (Å²) in [5.74, 6) is 0.519. The lowest BCUT2D eigenvalue weighted by Gasteiger charge is -2.10. The Morgan fingerprint density at radius 2 is 1.87 bits per heavy atom. The summed E-state index contributed by atoms with van der Waals surface area (Å²) < 4.78 is 17.8. The number of benzene rings is 2. The molecule has 0 bridgehead atoms. The zero-order valence-corrected chi connectivity index (χ0v) is 17.8. The van der Waals surface area contributed by atoms with Crippen molar-refractivity contribution < 1.29 is 19.0 Å². The standard InChI is InChI=1S/C24H23N3O4/c1-16(2)31-24(28)17(14-25)12-18-15-27(19-8-6-5-7-9-19)26-23(18)21-13-20(29-3)10-11-22(21)30-4/h5-13,15-16H,1-4H3/b17-12+. The van der Waals surface area contributed by atoms with E-state index in [1.807, 2.05) is 36.4 Å². The number of nitrogens with zero attached hydrogens (tertiary/aromatic N) is 3. The van der Waals surface area contributed by atoms with Crippen LogP contribution in [-0.2, 0) is 9.53 Å². The summed E-state index contributed by atoms with van der Waals surface area (Å²) in [7, 11) is 3.14. The summed E-state index contributed by atoms with van der Waals surface area (Å²) in [6.07, 6.45) is 2.89. The number of hydrogen-bond donors (Lipinski definition) is 0. The molecular weight excluding hydrogens is 394 g/mol. The third-order valence-corrected chi connectivity index (χ3v) is 4.41. The second kappa shape index (κ2) is 9.63. The number of para-hydroxylation sites is 1. The van der Waals surface area contributed by atoms with E-state index >= 15 is 0 Å². The van der Waals surface area contributed by atoms with Crippen molar-refractivity contribution in [3.8, 4) is 34.5 Å². The van der Waals surface area contributed by atoms with Crippen molar-refractivity contribution in [1.82, 2.24) is 9.78 Å². The number of esters is 1. The van der Waals surface area contributed by atoms with E-state index in [9.17, 15) is 10.1 Å². The van der Waals surface area contributed by atoms with Crippen LogP contribution in [0.4, 0.5) is 0 Å². The fourth-order valence-corrected chi connectivity index (χ4v) is 2.98.